The molecule has 1 aliphatic rings. The number of benzene rings is 1. The van der Waals surface area contributed by atoms with Crippen molar-refractivity contribution in [2.45, 2.75) is 12.8 Å². The molecule has 4 amide bonds. The van der Waals surface area contributed by atoms with E-state index in [-0.39, 0.29) is 24.3 Å². The SMILES string of the molecule is CNC(=O)CNC(=O)Nc1cccc(NC(=O)C2CC2)c1. The number of carbonyl (C=O) groups excluding carboxylic acids is 3. The summed E-state index contributed by atoms with van der Waals surface area (Å²) in [5.41, 5.74) is 1.18. The molecule has 112 valence electrons. The summed E-state index contributed by atoms with van der Waals surface area (Å²) in [4.78, 5) is 34.3. The summed E-state index contributed by atoms with van der Waals surface area (Å²) in [7, 11) is 1.49. The second kappa shape index (κ2) is 6.74. The maximum Gasteiger partial charge on any atom is 0.319 e. The van der Waals surface area contributed by atoms with Gasteiger partial charge in [0.15, 0.2) is 0 Å². The average Bonchev–Trinajstić information content (AvgIpc) is 3.29. The molecule has 1 fully saturated rings. The first-order chi connectivity index (χ1) is 10.1. The number of carbonyl (C=O) groups is 3. The lowest BCUT2D eigenvalue weighted by Crippen LogP contribution is -2.37. The molecule has 0 aliphatic heterocycles. The number of hydrogen-bond acceptors (Lipinski definition) is 3. The maximum atomic E-state index is 11.7. The van der Waals surface area contributed by atoms with Crippen LogP contribution in [0.15, 0.2) is 24.3 Å². The standard InChI is InChI=1S/C14H18N4O3/c1-15-12(19)8-16-14(21)18-11-4-2-3-10(7-11)17-13(20)9-5-6-9/h2-4,7,9H,5-6,8H2,1H3,(H,15,19)(H,17,20)(H2,16,18,21). The van der Waals surface area contributed by atoms with Crippen LogP contribution in [-0.2, 0) is 9.59 Å². The van der Waals surface area contributed by atoms with E-state index in [1.807, 2.05) is 0 Å². The molecule has 0 heterocycles. The number of anilines is 2. The van der Waals surface area contributed by atoms with Crippen LogP contribution in [0.25, 0.3) is 0 Å². The Morgan fingerprint density at radius 2 is 1.81 bits per heavy atom. The normalized spacial score (nSPS) is 13.2. The molecule has 0 aromatic heterocycles. The molecular weight excluding hydrogens is 272 g/mol. The highest BCUT2D eigenvalue weighted by atomic mass is 16.2. The van der Waals surface area contributed by atoms with Crippen molar-refractivity contribution in [3.8, 4) is 0 Å². The Morgan fingerprint density at radius 3 is 2.43 bits per heavy atom. The fraction of sp³-hybridized carbons (Fsp3) is 0.357. The van der Waals surface area contributed by atoms with Gasteiger partial charge in [-0.05, 0) is 31.0 Å². The summed E-state index contributed by atoms with van der Waals surface area (Å²) >= 11 is 0. The van der Waals surface area contributed by atoms with E-state index in [1.54, 1.807) is 24.3 Å². The number of likely N-dealkylation sites (N-methyl/N-ethyl adjacent to an activating group) is 1. The smallest absolute Gasteiger partial charge is 0.319 e. The van der Waals surface area contributed by atoms with E-state index in [9.17, 15) is 14.4 Å². The van der Waals surface area contributed by atoms with E-state index in [0.717, 1.165) is 12.8 Å². The maximum absolute atomic E-state index is 11.7. The molecule has 0 unspecified atom stereocenters. The van der Waals surface area contributed by atoms with Gasteiger partial charge in [-0.1, -0.05) is 6.07 Å². The van der Waals surface area contributed by atoms with Crippen LogP contribution >= 0.6 is 0 Å². The number of urea groups is 1. The quantitative estimate of drug-likeness (QED) is 0.648. The number of amides is 4. The van der Waals surface area contributed by atoms with E-state index in [0.29, 0.717) is 11.4 Å². The highest BCUT2D eigenvalue weighted by Gasteiger charge is 2.29. The third-order valence-corrected chi connectivity index (χ3v) is 3.02. The summed E-state index contributed by atoms with van der Waals surface area (Å²) in [5.74, 6) is -0.149. The number of nitrogens with one attached hydrogen (secondary N) is 4. The van der Waals surface area contributed by atoms with Crippen molar-refractivity contribution in [1.29, 1.82) is 0 Å². The van der Waals surface area contributed by atoms with Crippen LogP contribution in [0.3, 0.4) is 0 Å². The Kier molecular flexibility index (Phi) is 4.76. The van der Waals surface area contributed by atoms with Crippen molar-refractivity contribution >= 4 is 29.2 Å². The van der Waals surface area contributed by atoms with E-state index in [1.165, 1.54) is 7.05 Å². The number of hydrogen-bond donors (Lipinski definition) is 4. The minimum atomic E-state index is -0.482. The van der Waals surface area contributed by atoms with Gasteiger partial charge in [0.05, 0.1) is 6.54 Å². The lowest BCUT2D eigenvalue weighted by atomic mass is 10.2. The minimum absolute atomic E-state index is 0.0104. The minimum Gasteiger partial charge on any atom is -0.358 e. The Bertz CT molecular complexity index is 555. The molecule has 2 rings (SSSR count). The van der Waals surface area contributed by atoms with Crippen molar-refractivity contribution in [2.75, 3.05) is 24.2 Å². The van der Waals surface area contributed by atoms with Crippen molar-refractivity contribution in [3.63, 3.8) is 0 Å². The molecule has 21 heavy (non-hydrogen) atoms. The molecule has 0 radical (unpaired) electrons. The van der Waals surface area contributed by atoms with Crippen LogP contribution in [0, 0.1) is 5.92 Å². The second-order valence-electron chi connectivity index (χ2n) is 4.83. The van der Waals surface area contributed by atoms with Crippen LogP contribution in [0.1, 0.15) is 12.8 Å². The zero-order chi connectivity index (χ0) is 15.2. The van der Waals surface area contributed by atoms with Crippen molar-refractivity contribution in [1.82, 2.24) is 10.6 Å². The van der Waals surface area contributed by atoms with Gasteiger partial charge in [0, 0.05) is 24.3 Å². The lowest BCUT2D eigenvalue weighted by molar-refractivity contribution is -0.119. The topological polar surface area (TPSA) is 99.3 Å². The molecule has 1 aromatic rings. The molecule has 0 atom stereocenters. The average molecular weight is 290 g/mol. The third kappa shape index (κ3) is 4.79. The summed E-state index contributed by atoms with van der Waals surface area (Å²) in [5, 5.41) is 10.2. The summed E-state index contributed by atoms with van der Waals surface area (Å²) in [6.07, 6.45) is 1.87. The summed E-state index contributed by atoms with van der Waals surface area (Å²) < 4.78 is 0. The molecule has 1 aliphatic carbocycles. The van der Waals surface area contributed by atoms with Gasteiger partial charge < -0.3 is 21.3 Å². The van der Waals surface area contributed by atoms with Crippen molar-refractivity contribution in [2.24, 2.45) is 5.92 Å². The Morgan fingerprint density at radius 1 is 1.14 bits per heavy atom. The molecule has 4 N–H and O–H groups in total. The highest BCUT2D eigenvalue weighted by Crippen LogP contribution is 2.30. The molecule has 0 spiro atoms. The van der Waals surface area contributed by atoms with E-state index >= 15 is 0 Å². The van der Waals surface area contributed by atoms with Gasteiger partial charge in [-0.2, -0.15) is 0 Å². The molecule has 0 bridgehead atoms. The van der Waals surface area contributed by atoms with Gasteiger partial charge in [-0.15, -0.1) is 0 Å². The van der Waals surface area contributed by atoms with Crippen LogP contribution in [0.5, 0.6) is 0 Å². The number of rotatable bonds is 5. The van der Waals surface area contributed by atoms with Crippen molar-refractivity contribution in [3.05, 3.63) is 24.3 Å². The van der Waals surface area contributed by atoms with E-state index in [2.05, 4.69) is 21.3 Å². The van der Waals surface area contributed by atoms with Crippen molar-refractivity contribution < 1.29 is 14.4 Å². The zero-order valence-corrected chi connectivity index (χ0v) is 11.7. The van der Waals surface area contributed by atoms with Gasteiger partial charge in [-0.3, -0.25) is 9.59 Å². The van der Waals surface area contributed by atoms with Gasteiger partial charge >= 0.3 is 6.03 Å². The monoisotopic (exact) mass is 290 g/mol. The second-order valence-corrected chi connectivity index (χ2v) is 4.83. The molecule has 1 aromatic carbocycles. The summed E-state index contributed by atoms with van der Waals surface area (Å²) in [6.45, 7) is -0.0968. The Balaban J connectivity index is 1.86. The first-order valence-corrected chi connectivity index (χ1v) is 6.75. The molecule has 1 saturated carbocycles. The van der Waals surface area contributed by atoms with E-state index < -0.39 is 6.03 Å². The first-order valence-electron chi connectivity index (χ1n) is 6.75. The van der Waals surface area contributed by atoms with Crippen LogP contribution in [-0.4, -0.2) is 31.4 Å². The zero-order valence-electron chi connectivity index (χ0n) is 11.7. The van der Waals surface area contributed by atoms with Crippen LogP contribution < -0.4 is 21.3 Å². The highest BCUT2D eigenvalue weighted by molar-refractivity contribution is 5.96. The Hall–Kier alpha value is -2.57. The predicted octanol–water partition coefficient (Wildman–Crippen LogP) is 0.903. The largest absolute Gasteiger partial charge is 0.358 e. The Labute approximate surface area is 122 Å². The fourth-order valence-corrected chi connectivity index (χ4v) is 1.69. The molecule has 7 heteroatoms. The van der Waals surface area contributed by atoms with Gasteiger partial charge in [0.1, 0.15) is 0 Å². The third-order valence-electron chi connectivity index (χ3n) is 3.02. The molecular formula is C14H18N4O3. The van der Waals surface area contributed by atoms with Crippen LogP contribution in [0.2, 0.25) is 0 Å². The lowest BCUT2D eigenvalue weighted by Gasteiger charge is -2.09. The first kappa shape index (κ1) is 14.8. The fourth-order valence-electron chi connectivity index (χ4n) is 1.69. The molecule has 7 nitrogen and oxygen atoms in total. The van der Waals surface area contributed by atoms with Gasteiger partial charge in [0.25, 0.3) is 0 Å². The predicted molar refractivity (Wildman–Crippen MR) is 78.9 cm³/mol. The summed E-state index contributed by atoms with van der Waals surface area (Å²) in [6, 6.07) is 6.38. The van der Waals surface area contributed by atoms with Gasteiger partial charge in [-0.25, -0.2) is 4.79 Å². The van der Waals surface area contributed by atoms with Gasteiger partial charge in [0.2, 0.25) is 11.8 Å². The van der Waals surface area contributed by atoms with E-state index in [4.69, 9.17) is 0 Å². The molecule has 0 saturated heterocycles. The van der Waals surface area contributed by atoms with Crippen LogP contribution in [0.4, 0.5) is 16.2 Å².